The van der Waals surface area contributed by atoms with Gasteiger partial charge in [-0.25, -0.2) is 0 Å². The fourth-order valence-electron chi connectivity index (χ4n) is 2.50. The fraction of sp³-hybridized carbons (Fsp3) is 0.350. The van der Waals surface area contributed by atoms with Gasteiger partial charge < -0.3 is 24.4 Å². The first-order valence-corrected chi connectivity index (χ1v) is 9.27. The van der Waals surface area contributed by atoms with Gasteiger partial charge in [-0.05, 0) is 18.2 Å². The lowest BCUT2D eigenvalue weighted by Crippen LogP contribution is -2.28. The van der Waals surface area contributed by atoms with Gasteiger partial charge in [0.05, 0.1) is 19.0 Å². The van der Waals surface area contributed by atoms with Gasteiger partial charge in [-0.1, -0.05) is 36.4 Å². The van der Waals surface area contributed by atoms with Crippen molar-refractivity contribution in [3.8, 4) is 11.5 Å². The summed E-state index contributed by atoms with van der Waals surface area (Å²) in [4.78, 5) is 11.3. The first-order valence-electron chi connectivity index (χ1n) is 8.64. The molecule has 0 aromatic heterocycles. The van der Waals surface area contributed by atoms with Gasteiger partial charge in [-0.15, -0.1) is 0 Å². The van der Waals surface area contributed by atoms with Crippen LogP contribution in [0.5, 0.6) is 11.5 Å². The van der Waals surface area contributed by atoms with Crippen molar-refractivity contribution in [3.05, 3.63) is 60.2 Å². The SMILES string of the molecule is O=C(CS)OCC[C@@H](Oc1ccccc1)[C@H](O)c1ccccc1OCCO. The molecule has 0 saturated heterocycles. The van der Waals surface area contributed by atoms with E-state index in [2.05, 4.69) is 12.6 Å². The number of esters is 1. The summed E-state index contributed by atoms with van der Waals surface area (Å²) in [6, 6.07) is 16.1. The number of benzene rings is 2. The van der Waals surface area contributed by atoms with Crippen molar-refractivity contribution in [1.29, 1.82) is 0 Å². The van der Waals surface area contributed by atoms with E-state index in [1.807, 2.05) is 18.2 Å². The number of hydrogen-bond acceptors (Lipinski definition) is 7. The van der Waals surface area contributed by atoms with E-state index in [1.165, 1.54) is 0 Å². The molecule has 0 aliphatic carbocycles. The molecule has 0 spiro atoms. The third kappa shape index (κ3) is 6.78. The molecule has 0 aliphatic rings. The molecule has 2 atom stereocenters. The molecule has 0 saturated carbocycles. The maximum Gasteiger partial charge on any atom is 0.315 e. The van der Waals surface area contributed by atoms with Crippen molar-refractivity contribution in [1.82, 2.24) is 0 Å². The van der Waals surface area contributed by atoms with Crippen LogP contribution in [0.2, 0.25) is 0 Å². The average molecular weight is 392 g/mol. The monoisotopic (exact) mass is 392 g/mol. The maximum atomic E-state index is 11.3. The quantitative estimate of drug-likeness (QED) is 0.402. The number of aliphatic hydroxyl groups excluding tert-OH is 2. The topological polar surface area (TPSA) is 85.2 Å². The van der Waals surface area contributed by atoms with Gasteiger partial charge in [0.1, 0.15) is 30.3 Å². The lowest BCUT2D eigenvalue weighted by molar-refractivity contribution is -0.141. The van der Waals surface area contributed by atoms with E-state index in [0.717, 1.165) is 0 Å². The Kier molecular flexibility index (Phi) is 8.97. The van der Waals surface area contributed by atoms with Crippen molar-refractivity contribution >= 4 is 18.6 Å². The highest BCUT2D eigenvalue weighted by Crippen LogP contribution is 2.30. The number of aliphatic hydroxyl groups is 2. The molecule has 7 heteroatoms. The van der Waals surface area contributed by atoms with E-state index < -0.39 is 18.2 Å². The number of para-hydroxylation sites is 2. The lowest BCUT2D eigenvalue weighted by Gasteiger charge is -2.26. The molecule has 2 rings (SSSR count). The number of thiol groups is 1. The Labute approximate surface area is 164 Å². The van der Waals surface area contributed by atoms with Gasteiger partial charge in [-0.2, -0.15) is 12.6 Å². The summed E-state index contributed by atoms with van der Waals surface area (Å²) in [5.41, 5.74) is 0.535. The Morgan fingerprint density at radius 1 is 1.04 bits per heavy atom. The zero-order chi connectivity index (χ0) is 19.5. The number of rotatable bonds is 11. The summed E-state index contributed by atoms with van der Waals surface area (Å²) in [5.74, 6) is 0.617. The normalized spacial score (nSPS) is 12.9. The van der Waals surface area contributed by atoms with Crippen molar-refractivity contribution in [3.63, 3.8) is 0 Å². The molecule has 0 bridgehead atoms. The predicted molar refractivity (Wildman–Crippen MR) is 104 cm³/mol. The first kappa shape index (κ1) is 21.1. The van der Waals surface area contributed by atoms with Crippen LogP contribution in [0.25, 0.3) is 0 Å². The highest BCUT2D eigenvalue weighted by Gasteiger charge is 2.26. The summed E-state index contributed by atoms with van der Waals surface area (Å²) in [6.45, 7) is 0.0785. The van der Waals surface area contributed by atoms with E-state index in [4.69, 9.17) is 19.3 Å². The number of hydrogen-bond donors (Lipinski definition) is 3. The Bertz CT molecular complexity index is 694. The van der Waals surface area contributed by atoms with E-state index in [1.54, 1.807) is 36.4 Å². The summed E-state index contributed by atoms with van der Waals surface area (Å²) < 4.78 is 16.5. The molecule has 0 radical (unpaired) electrons. The molecular weight excluding hydrogens is 368 g/mol. The van der Waals surface area contributed by atoms with Crippen LogP contribution in [0.1, 0.15) is 18.1 Å². The number of carbonyl (C=O) groups excluding carboxylic acids is 1. The van der Waals surface area contributed by atoms with Crippen molar-refractivity contribution < 1.29 is 29.2 Å². The molecule has 27 heavy (non-hydrogen) atoms. The van der Waals surface area contributed by atoms with Crippen LogP contribution in [-0.2, 0) is 9.53 Å². The zero-order valence-corrected chi connectivity index (χ0v) is 15.8. The Morgan fingerprint density at radius 2 is 1.74 bits per heavy atom. The second kappa shape index (κ2) is 11.5. The second-order valence-corrected chi connectivity index (χ2v) is 6.01. The fourth-order valence-corrected chi connectivity index (χ4v) is 2.59. The third-order valence-corrected chi connectivity index (χ3v) is 4.02. The minimum absolute atomic E-state index is 0.00933. The van der Waals surface area contributed by atoms with Crippen molar-refractivity contribution in [2.75, 3.05) is 25.6 Å². The highest BCUT2D eigenvalue weighted by molar-refractivity contribution is 7.81. The molecule has 0 unspecified atom stereocenters. The van der Waals surface area contributed by atoms with Gasteiger partial charge in [-0.3, -0.25) is 4.79 Å². The largest absolute Gasteiger partial charge is 0.491 e. The second-order valence-electron chi connectivity index (χ2n) is 5.69. The molecule has 6 nitrogen and oxygen atoms in total. The van der Waals surface area contributed by atoms with E-state index in [9.17, 15) is 9.90 Å². The summed E-state index contributed by atoms with van der Waals surface area (Å²) >= 11 is 3.87. The van der Waals surface area contributed by atoms with Gasteiger partial charge in [0.2, 0.25) is 0 Å². The van der Waals surface area contributed by atoms with Gasteiger partial charge in [0.25, 0.3) is 0 Å². The number of ether oxygens (including phenoxy) is 3. The smallest absolute Gasteiger partial charge is 0.315 e. The Balaban J connectivity index is 2.16. The predicted octanol–water partition coefficient (Wildman–Crippen LogP) is 2.40. The molecule has 2 N–H and O–H groups in total. The van der Waals surface area contributed by atoms with Crippen LogP contribution in [0.3, 0.4) is 0 Å². The van der Waals surface area contributed by atoms with E-state index in [0.29, 0.717) is 17.1 Å². The van der Waals surface area contributed by atoms with Crippen LogP contribution in [-0.4, -0.2) is 47.9 Å². The summed E-state index contributed by atoms with van der Waals surface area (Å²) in [5, 5.41) is 19.9. The van der Waals surface area contributed by atoms with Crippen LogP contribution < -0.4 is 9.47 Å². The lowest BCUT2D eigenvalue weighted by atomic mass is 10.0. The molecule has 2 aromatic rings. The van der Waals surface area contributed by atoms with Crippen LogP contribution >= 0.6 is 12.6 Å². The molecule has 146 valence electrons. The highest BCUT2D eigenvalue weighted by atomic mass is 32.1. The van der Waals surface area contributed by atoms with E-state index in [-0.39, 0.29) is 32.0 Å². The average Bonchev–Trinajstić information content (AvgIpc) is 2.71. The van der Waals surface area contributed by atoms with Crippen LogP contribution in [0, 0.1) is 0 Å². The third-order valence-electron chi connectivity index (χ3n) is 3.76. The standard InChI is InChI=1S/C20H24O6S/c21-11-13-24-17-9-5-4-8-16(17)20(23)18(10-12-25-19(22)14-27)26-15-6-2-1-3-7-15/h1-9,18,20-21,23,27H,10-14H2/t18-,20-/m1/s1. The number of carbonyl (C=O) groups is 1. The van der Waals surface area contributed by atoms with Crippen molar-refractivity contribution in [2.45, 2.75) is 18.6 Å². The minimum Gasteiger partial charge on any atom is -0.491 e. The van der Waals surface area contributed by atoms with Crippen LogP contribution in [0.15, 0.2) is 54.6 Å². The molecule has 0 amide bonds. The Hall–Kier alpha value is -2.22. The minimum atomic E-state index is -1.02. The molecule has 0 fully saturated rings. The molecular formula is C20H24O6S. The zero-order valence-electron chi connectivity index (χ0n) is 14.9. The van der Waals surface area contributed by atoms with E-state index >= 15 is 0 Å². The molecule has 0 aliphatic heterocycles. The van der Waals surface area contributed by atoms with Gasteiger partial charge >= 0.3 is 5.97 Å². The molecule has 2 aromatic carbocycles. The maximum absolute atomic E-state index is 11.3. The summed E-state index contributed by atoms with van der Waals surface area (Å²) in [6.07, 6.45) is -1.40. The summed E-state index contributed by atoms with van der Waals surface area (Å²) in [7, 11) is 0. The van der Waals surface area contributed by atoms with Gasteiger partial charge in [0.15, 0.2) is 0 Å². The first-order chi connectivity index (χ1) is 13.2. The van der Waals surface area contributed by atoms with Crippen molar-refractivity contribution in [2.24, 2.45) is 0 Å². The molecule has 0 heterocycles. The van der Waals surface area contributed by atoms with Crippen LogP contribution in [0.4, 0.5) is 0 Å². The van der Waals surface area contributed by atoms with Gasteiger partial charge in [0, 0.05) is 12.0 Å². The Morgan fingerprint density at radius 3 is 2.44 bits per heavy atom.